The fourth-order valence-electron chi connectivity index (χ4n) is 3.69. The van der Waals surface area contributed by atoms with Crippen molar-refractivity contribution in [1.82, 2.24) is 9.62 Å². The van der Waals surface area contributed by atoms with Crippen molar-refractivity contribution in [2.75, 3.05) is 33.4 Å². The lowest BCUT2D eigenvalue weighted by atomic mass is 10.2. The van der Waals surface area contributed by atoms with Crippen molar-refractivity contribution in [3.63, 3.8) is 0 Å². The van der Waals surface area contributed by atoms with E-state index in [0.29, 0.717) is 30.2 Å². The van der Waals surface area contributed by atoms with E-state index in [9.17, 15) is 13.2 Å². The number of sulfonamides is 1. The van der Waals surface area contributed by atoms with E-state index in [1.54, 1.807) is 43.5 Å². The van der Waals surface area contributed by atoms with Gasteiger partial charge in [-0.25, -0.2) is 8.42 Å². The molecule has 0 spiro atoms. The van der Waals surface area contributed by atoms with Gasteiger partial charge in [0.25, 0.3) is 5.91 Å². The summed E-state index contributed by atoms with van der Waals surface area (Å²) in [7, 11) is -1.92. The standard InChI is InChI=1S/C23H26N2O6S/c1-29-20-7-5-6-17-16-21(31-22(17)20)23(26)24-12-15-30-18-8-10-19(11-9-18)32(27,28)25-13-3-2-4-14-25/h5-11,16H,2-4,12-15H2,1H3,(H,24,26). The minimum Gasteiger partial charge on any atom is -0.493 e. The first-order valence-corrected chi connectivity index (χ1v) is 12.0. The Morgan fingerprint density at radius 3 is 2.56 bits per heavy atom. The van der Waals surface area contributed by atoms with Gasteiger partial charge in [-0.15, -0.1) is 0 Å². The van der Waals surface area contributed by atoms with Crippen LogP contribution in [0.4, 0.5) is 0 Å². The van der Waals surface area contributed by atoms with E-state index >= 15 is 0 Å². The Bertz CT molecular complexity index is 1180. The topological polar surface area (TPSA) is 98.1 Å². The third kappa shape index (κ3) is 4.73. The molecule has 1 fully saturated rings. The number of nitrogens with one attached hydrogen (secondary N) is 1. The minimum absolute atomic E-state index is 0.191. The second-order valence-electron chi connectivity index (χ2n) is 7.53. The first-order chi connectivity index (χ1) is 15.5. The summed E-state index contributed by atoms with van der Waals surface area (Å²) in [5.74, 6) is 0.938. The van der Waals surface area contributed by atoms with E-state index in [1.165, 1.54) is 4.31 Å². The fourth-order valence-corrected chi connectivity index (χ4v) is 5.21. The van der Waals surface area contributed by atoms with Gasteiger partial charge < -0.3 is 19.2 Å². The van der Waals surface area contributed by atoms with Gasteiger partial charge in [0, 0.05) is 18.5 Å². The number of amides is 1. The smallest absolute Gasteiger partial charge is 0.287 e. The zero-order valence-electron chi connectivity index (χ0n) is 17.9. The van der Waals surface area contributed by atoms with Crippen LogP contribution in [0.25, 0.3) is 11.0 Å². The Balaban J connectivity index is 1.29. The summed E-state index contributed by atoms with van der Waals surface area (Å²) in [5.41, 5.74) is 0.524. The summed E-state index contributed by atoms with van der Waals surface area (Å²) in [6, 6.07) is 13.5. The summed E-state index contributed by atoms with van der Waals surface area (Å²) < 4.78 is 43.4. The molecule has 3 aromatic rings. The van der Waals surface area contributed by atoms with Gasteiger partial charge in [-0.3, -0.25) is 4.79 Å². The van der Waals surface area contributed by atoms with E-state index in [4.69, 9.17) is 13.9 Å². The van der Waals surface area contributed by atoms with Gasteiger partial charge in [0.05, 0.1) is 18.6 Å². The quantitative estimate of drug-likeness (QED) is 0.520. The molecule has 4 rings (SSSR count). The summed E-state index contributed by atoms with van der Waals surface area (Å²) in [6.45, 7) is 1.63. The SMILES string of the molecule is COc1cccc2cc(C(=O)NCCOc3ccc(S(=O)(=O)N4CCCCC4)cc3)oc12. The van der Waals surface area contributed by atoms with Gasteiger partial charge in [-0.1, -0.05) is 18.6 Å². The number of methoxy groups -OCH3 is 1. The number of piperidine rings is 1. The third-order valence-electron chi connectivity index (χ3n) is 5.38. The molecule has 0 unspecified atom stereocenters. The second-order valence-corrected chi connectivity index (χ2v) is 9.47. The molecule has 9 heteroatoms. The van der Waals surface area contributed by atoms with Crippen molar-refractivity contribution in [2.24, 2.45) is 0 Å². The lowest BCUT2D eigenvalue weighted by Gasteiger charge is -2.25. The van der Waals surface area contributed by atoms with Crippen molar-refractivity contribution in [3.8, 4) is 11.5 Å². The van der Waals surface area contributed by atoms with Crippen LogP contribution in [0.3, 0.4) is 0 Å². The van der Waals surface area contributed by atoms with Crippen molar-refractivity contribution in [3.05, 3.63) is 54.3 Å². The second kappa shape index (κ2) is 9.62. The number of ether oxygens (including phenoxy) is 2. The molecule has 1 N–H and O–H groups in total. The van der Waals surface area contributed by atoms with Gasteiger partial charge in [0.2, 0.25) is 10.0 Å². The number of rotatable bonds is 8. The molecule has 0 radical (unpaired) electrons. The Kier molecular flexibility index (Phi) is 6.66. The number of carbonyl (C=O) groups is 1. The van der Waals surface area contributed by atoms with Crippen LogP contribution < -0.4 is 14.8 Å². The Labute approximate surface area is 187 Å². The maximum Gasteiger partial charge on any atom is 0.287 e. The summed E-state index contributed by atoms with van der Waals surface area (Å²) in [4.78, 5) is 12.6. The predicted molar refractivity (Wildman–Crippen MR) is 120 cm³/mol. The first-order valence-electron chi connectivity index (χ1n) is 10.6. The third-order valence-corrected chi connectivity index (χ3v) is 7.30. The van der Waals surface area contributed by atoms with Crippen LogP contribution >= 0.6 is 0 Å². The molecule has 2 aromatic carbocycles. The van der Waals surface area contributed by atoms with Crippen LogP contribution in [0.1, 0.15) is 29.8 Å². The van der Waals surface area contributed by atoms with Gasteiger partial charge in [-0.05, 0) is 49.2 Å². The molecule has 0 bridgehead atoms. The van der Waals surface area contributed by atoms with E-state index in [-0.39, 0.29) is 29.7 Å². The molecule has 0 atom stereocenters. The summed E-state index contributed by atoms with van der Waals surface area (Å²) in [6.07, 6.45) is 2.86. The number of hydrogen-bond acceptors (Lipinski definition) is 6. The van der Waals surface area contributed by atoms with Gasteiger partial charge in [0.15, 0.2) is 17.1 Å². The zero-order valence-corrected chi connectivity index (χ0v) is 18.7. The van der Waals surface area contributed by atoms with Crippen LogP contribution in [-0.4, -0.2) is 52.0 Å². The molecular formula is C23H26N2O6S. The van der Waals surface area contributed by atoms with Crippen LogP contribution in [0.2, 0.25) is 0 Å². The molecule has 170 valence electrons. The summed E-state index contributed by atoms with van der Waals surface area (Å²) in [5, 5.41) is 3.53. The average molecular weight is 459 g/mol. The van der Waals surface area contributed by atoms with Gasteiger partial charge >= 0.3 is 0 Å². The predicted octanol–water partition coefficient (Wildman–Crippen LogP) is 3.42. The van der Waals surface area contributed by atoms with Crippen LogP contribution in [0, 0.1) is 0 Å². The molecule has 0 aliphatic carbocycles. The van der Waals surface area contributed by atoms with Crippen LogP contribution in [0.15, 0.2) is 57.8 Å². The monoisotopic (exact) mass is 458 g/mol. The molecule has 1 amide bonds. The molecule has 1 saturated heterocycles. The van der Waals surface area contributed by atoms with Crippen LogP contribution in [-0.2, 0) is 10.0 Å². The number of furan rings is 1. The van der Waals surface area contributed by atoms with Crippen molar-refractivity contribution in [2.45, 2.75) is 24.2 Å². The molecule has 2 heterocycles. The van der Waals surface area contributed by atoms with Crippen molar-refractivity contribution in [1.29, 1.82) is 0 Å². The van der Waals surface area contributed by atoms with Crippen molar-refractivity contribution >= 4 is 26.9 Å². The maximum atomic E-state index is 12.7. The number of benzene rings is 2. The van der Waals surface area contributed by atoms with E-state index in [2.05, 4.69) is 5.32 Å². The highest BCUT2D eigenvalue weighted by atomic mass is 32.2. The molecule has 1 aliphatic heterocycles. The Morgan fingerprint density at radius 1 is 1.09 bits per heavy atom. The molecule has 8 nitrogen and oxygen atoms in total. The zero-order chi connectivity index (χ0) is 22.6. The highest BCUT2D eigenvalue weighted by Gasteiger charge is 2.25. The molecule has 32 heavy (non-hydrogen) atoms. The summed E-state index contributed by atoms with van der Waals surface area (Å²) >= 11 is 0. The number of carbonyl (C=O) groups excluding carboxylic acids is 1. The van der Waals surface area contributed by atoms with Crippen molar-refractivity contribution < 1.29 is 27.1 Å². The normalized spacial score (nSPS) is 14.9. The number of nitrogens with zero attached hydrogens (tertiary/aromatic N) is 1. The lowest BCUT2D eigenvalue weighted by molar-refractivity contribution is 0.0921. The molecule has 1 aliphatic rings. The minimum atomic E-state index is -3.46. The fraction of sp³-hybridized carbons (Fsp3) is 0.348. The average Bonchev–Trinajstić information content (AvgIpc) is 3.27. The number of hydrogen-bond donors (Lipinski definition) is 1. The van der Waals surface area contributed by atoms with E-state index < -0.39 is 10.0 Å². The molecular weight excluding hydrogens is 432 g/mol. The lowest BCUT2D eigenvalue weighted by Crippen LogP contribution is -2.35. The Hall–Kier alpha value is -3.04. The van der Waals surface area contributed by atoms with Gasteiger partial charge in [0.1, 0.15) is 12.4 Å². The maximum absolute atomic E-state index is 12.7. The van der Waals surface area contributed by atoms with Crippen LogP contribution in [0.5, 0.6) is 11.5 Å². The number of para-hydroxylation sites is 1. The number of fused-ring (bicyclic) bond motifs is 1. The highest BCUT2D eigenvalue weighted by molar-refractivity contribution is 7.89. The largest absolute Gasteiger partial charge is 0.493 e. The molecule has 1 aromatic heterocycles. The van der Waals surface area contributed by atoms with E-state index in [0.717, 1.165) is 24.6 Å². The first kappa shape index (κ1) is 22.2. The van der Waals surface area contributed by atoms with E-state index in [1.807, 2.05) is 12.1 Å². The molecule has 0 saturated carbocycles. The highest BCUT2D eigenvalue weighted by Crippen LogP contribution is 2.28. The van der Waals surface area contributed by atoms with Gasteiger partial charge in [-0.2, -0.15) is 4.31 Å². The Morgan fingerprint density at radius 2 is 1.84 bits per heavy atom.